The predicted molar refractivity (Wildman–Crippen MR) is 111 cm³/mol. The fraction of sp³-hybridized carbons (Fsp3) is 0.250. The maximum atomic E-state index is 13.4. The number of aryl methyl sites for hydroxylation is 1. The van der Waals surface area contributed by atoms with E-state index in [1.165, 1.54) is 16.8 Å². The molecule has 3 N–H and O–H groups in total. The number of nitrogen functional groups attached to an aromatic ring is 1. The third kappa shape index (κ3) is 4.27. The number of hydrogen-bond acceptors (Lipinski definition) is 6. The molecular weight excluding hydrogens is 394 g/mol. The highest BCUT2D eigenvalue weighted by atomic mass is 35.5. The van der Waals surface area contributed by atoms with Crippen molar-refractivity contribution in [3.8, 4) is 0 Å². The maximum Gasteiger partial charge on any atom is 0.329 e. The van der Waals surface area contributed by atoms with Crippen molar-refractivity contribution in [1.82, 2.24) is 19.5 Å². The second-order valence-electron chi connectivity index (χ2n) is 6.99. The van der Waals surface area contributed by atoms with Crippen molar-refractivity contribution in [2.75, 3.05) is 5.73 Å². The summed E-state index contributed by atoms with van der Waals surface area (Å²) in [7, 11) is 0. The smallest absolute Gasteiger partial charge is 0.329 e. The van der Waals surface area contributed by atoms with Crippen LogP contribution in [0.3, 0.4) is 0 Å². The number of nitrogens with zero attached hydrogens (tertiary/aromatic N) is 3. The topological polar surface area (TPSA) is 124 Å². The third-order valence-electron chi connectivity index (χ3n) is 4.36. The molecule has 3 aromatic heterocycles. The van der Waals surface area contributed by atoms with Crippen molar-refractivity contribution in [1.29, 1.82) is 0 Å². The van der Waals surface area contributed by atoms with E-state index in [-0.39, 0.29) is 35.2 Å². The molecule has 0 amide bonds. The van der Waals surface area contributed by atoms with E-state index < -0.39 is 17.0 Å². The van der Waals surface area contributed by atoms with Crippen molar-refractivity contribution >= 4 is 23.2 Å². The number of carbonyl (C=O) groups excluding carboxylic acids is 1. The number of aromatic amines is 1. The Kier molecular flexibility index (Phi) is 5.65. The van der Waals surface area contributed by atoms with Gasteiger partial charge in [-0.1, -0.05) is 25.4 Å². The average molecular weight is 414 g/mol. The van der Waals surface area contributed by atoms with Gasteiger partial charge in [-0.25, -0.2) is 14.8 Å². The van der Waals surface area contributed by atoms with Gasteiger partial charge < -0.3 is 5.73 Å². The highest BCUT2D eigenvalue weighted by Gasteiger charge is 2.25. The Bertz CT molecular complexity index is 1190. The zero-order chi connectivity index (χ0) is 21.3. The summed E-state index contributed by atoms with van der Waals surface area (Å²) in [4.78, 5) is 49.0. The number of aromatic nitrogens is 4. The fourth-order valence-corrected chi connectivity index (χ4v) is 3.42. The van der Waals surface area contributed by atoms with Gasteiger partial charge in [-0.05, 0) is 42.7 Å². The molecule has 9 heteroatoms. The number of halogens is 1. The van der Waals surface area contributed by atoms with E-state index in [9.17, 15) is 14.4 Å². The highest BCUT2D eigenvalue weighted by Crippen LogP contribution is 2.20. The summed E-state index contributed by atoms with van der Waals surface area (Å²) in [6.07, 6.45) is 1.51. The first-order valence-electron chi connectivity index (χ1n) is 8.93. The summed E-state index contributed by atoms with van der Waals surface area (Å²) in [6.45, 7) is 5.29. The quantitative estimate of drug-likeness (QED) is 0.618. The predicted octanol–water partition coefficient (Wildman–Crippen LogP) is 2.27. The molecule has 0 atom stereocenters. The lowest BCUT2D eigenvalue weighted by Gasteiger charge is -2.17. The van der Waals surface area contributed by atoms with Crippen LogP contribution in [-0.4, -0.2) is 25.3 Å². The standard InChI is InChI=1S/C20H20ClN5O3/c1-10(2)16-17(18(27)14-8-13(21)6-11(3)24-14)26(20(29)25-19(16)28)9-12-4-5-23-15(22)7-12/h4-8,10H,9H2,1-3H3,(H2,22,23)(H,25,28,29). The number of anilines is 1. The number of nitrogens with two attached hydrogens (primary N) is 1. The molecule has 150 valence electrons. The van der Waals surface area contributed by atoms with E-state index in [0.717, 1.165) is 0 Å². The van der Waals surface area contributed by atoms with Crippen molar-refractivity contribution in [2.45, 2.75) is 33.2 Å². The van der Waals surface area contributed by atoms with Crippen LogP contribution in [0.5, 0.6) is 0 Å². The van der Waals surface area contributed by atoms with Crippen LogP contribution < -0.4 is 17.0 Å². The first kappa shape index (κ1) is 20.5. The van der Waals surface area contributed by atoms with Crippen LogP contribution in [0.4, 0.5) is 5.82 Å². The molecule has 3 heterocycles. The van der Waals surface area contributed by atoms with Gasteiger partial charge in [0.2, 0.25) is 5.78 Å². The van der Waals surface area contributed by atoms with E-state index >= 15 is 0 Å². The second kappa shape index (κ2) is 8.00. The van der Waals surface area contributed by atoms with E-state index in [0.29, 0.717) is 16.3 Å². The first-order valence-corrected chi connectivity index (χ1v) is 9.31. The summed E-state index contributed by atoms with van der Waals surface area (Å²) in [5.41, 5.74) is 5.89. The highest BCUT2D eigenvalue weighted by molar-refractivity contribution is 6.31. The van der Waals surface area contributed by atoms with Gasteiger partial charge in [0, 0.05) is 22.5 Å². The minimum absolute atomic E-state index is 0.0155. The molecule has 3 rings (SSSR count). The first-order chi connectivity index (χ1) is 13.7. The van der Waals surface area contributed by atoms with Crippen LogP contribution in [0.2, 0.25) is 5.02 Å². The molecule has 0 spiro atoms. The van der Waals surface area contributed by atoms with Crippen LogP contribution >= 0.6 is 11.6 Å². The van der Waals surface area contributed by atoms with Gasteiger partial charge in [0.1, 0.15) is 17.2 Å². The zero-order valence-electron chi connectivity index (χ0n) is 16.2. The average Bonchev–Trinajstić information content (AvgIpc) is 2.62. The van der Waals surface area contributed by atoms with Crippen LogP contribution in [0.15, 0.2) is 40.1 Å². The van der Waals surface area contributed by atoms with Crippen molar-refractivity contribution in [3.05, 3.63) is 84.5 Å². The van der Waals surface area contributed by atoms with Crippen LogP contribution in [-0.2, 0) is 6.54 Å². The summed E-state index contributed by atoms with van der Waals surface area (Å²) in [6, 6.07) is 6.31. The normalized spacial score (nSPS) is 11.1. The molecular formula is C20H20ClN5O3. The van der Waals surface area contributed by atoms with Gasteiger partial charge >= 0.3 is 5.69 Å². The summed E-state index contributed by atoms with van der Waals surface area (Å²) >= 11 is 6.08. The number of carbonyl (C=O) groups is 1. The molecule has 0 unspecified atom stereocenters. The van der Waals surface area contributed by atoms with Gasteiger partial charge in [0.05, 0.1) is 6.54 Å². The molecule has 3 aromatic rings. The van der Waals surface area contributed by atoms with Gasteiger partial charge in [-0.3, -0.25) is 19.1 Å². The van der Waals surface area contributed by atoms with E-state index in [4.69, 9.17) is 17.3 Å². The number of H-pyrrole nitrogens is 1. The molecule has 0 aliphatic carbocycles. The largest absolute Gasteiger partial charge is 0.384 e. The van der Waals surface area contributed by atoms with E-state index in [2.05, 4.69) is 15.0 Å². The molecule has 0 saturated carbocycles. The summed E-state index contributed by atoms with van der Waals surface area (Å²) in [5.74, 6) is -0.582. The van der Waals surface area contributed by atoms with Crippen LogP contribution in [0, 0.1) is 6.92 Å². The van der Waals surface area contributed by atoms with Crippen molar-refractivity contribution in [3.63, 3.8) is 0 Å². The molecule has 0 radical (unpaired) electrons. The lowest BCUT2D eigenvalue weighted by molar-refractivity contribution is 0.102. The Morgan fingerprint density at radius 1 is 1.28 bits per heavy atom. The van der Waals surface area contributed by atoms with E-state index in [1.807, 2.05) is 0 Å². The van der Waals surface area contributed by atoms with Crippen LogP contribution in [0.1, 0.15) is 52.8 Å². The monoisotopic (exact) mass is 413 g/mol. The molecule has 0 fully saturated rings. The Hall–Kier alpha value is -3.26. The Morgan fingerprint density at radius 3 is 2.62 bits per heavy atom. The minimum Gasteiger partial charge on any atom is -0.384 e. The third-order valence-corrected chi connectivity index (χ3v) is 4.58. The summed E-state index contributed by atoms with van der Waals surface area (Å²) < 4.78 is 1.23. The zero-order valence-corrected chi connectivity index (χ0v) is 16.9. The molecule has 8 nitrogen and oxygen atoms in total. The van der Waals surface area contributed by atoms with Gasteiger partial charge in [0.25, 0.3) is 5.56 Å². The molecule has 29 heavy (non-hydrogen) atoms. The number of ketones is 1. The lowest BCUT2D eigenvalue weighted by atomic mass is 9.98. The van der Waals surface area contributed by atoms with Crippen molar-refractivity contribution < 1.29 is 4.79 Å². The summed E-state index contributed by atoms with van der Waals surface area (Å²) in [5, 5.41) is 0.340. The number of pyridine rings is 2. The molecule has 0 bridgehead atoms. The lowest BCUT2D eigenvalue weighted by Crippen LogP contribution is -2.38. The molecule has 0 aliphatic heterocycles. The fourth-order valence-electron chi connectivity index (χ4n) is 3.16. The Balaban J connectivity index is 2.28. The Morgan fingerprint density at radius 2 is 2.00 bits per heavy atom. The van der Waals surface area contributed by atoms with Gasteiger partial charge in [-0.2, -0.15) is 0 Å². The Labute approximate surface area is 171 Å². The van der Waals surface area contributed by atoms with E-state index in [1.54, 1.807) is 39.0 Å². The number of hydrogen-bond donors (Lipinski definition) is 2. The van der Waals surface area contributed by atoms with Crippen LogP contribution in [0.25, 0.3) is 0 Å². The SMILES string of the molecule is Cc1cc(Cl)cc(C(=O)c2c(C(C)C)c(=O)[nH]c(=O)n2Cc2ccnc(N)c2)n1. The number of nitrogens with one attached hydrogen (secondary N) is 1. The molecule has 0 aliphatic rings. The maximum absolute atomic E-state index is 13.4. The molecule has 0 aromatic carbocycles. The van der Waals surface area contributed by atoms with Crippen molar-refractivity contribution in [2.24, 2.45) is 0 Å². The van der Waals surface area contributed by atoms with Gasteiger partial charge in [0.15, 0.2) is 0 Å². The second-order valence-corrected chi connectivity index (χ2v) is 7.43. The van der Waals surface area contributed by atoms with Gasteiger partial charge in [-0.15, -0.1) is 0 Å². The number of rotatable bonds is 5. The minimum atomic E-state index is -0.697. The molecule has 0 saturated heterocycles.